The number of nitrogens with two attached hydrogens (primary N) is 1. The van der Waals surface area contributed by atoms with Crippen molar-refractivity contribution in [3.8, 4) is 6.07 Å². The van der Waals surface area contributed by atoms with E-state index in [-0.39, 0.29) is 0 Å². The summed E-state index contributed by atoms with van der Waals surface area (Å²) in [5.41, 5.74) is 6.45. The number of hydrogen-bond donors (Lipinski definition) is 2. The van der Waals surface area contributed by atoms with E-state index in [2.05, 4.69) is 10.4 Å². The van der Waals surface area contributed by atoms with Crippen LogP contribution in [0.4, 0.5) is 11.5 Å². The lowest BCUT2D eigenvalue weighted by molar-refractivity contribution is 0.566. The minimum absolute atomic E-state index is 0.319. The average molecular weight is 163 g/mol. The maximum Gasteiger partial charge on any atom is 0.187 e. The van der Waals surface area contributed by atoms with Crippen LogP contribution in [0.15, 0.2) is 0 Å². The molecule has 0 spiro atoms. The molecular weight excluding hydrogens is 154 g/mol. The van der Waals surface area contributed by atoms with Gasteiger partial charge in [0.2, 0.25) is 0 Å². The molecule has 1 aromatic rings. The molecule has 5 heteroatoms. The third kappa shape index (κ3) is 0.815. The molecular formula is C7H9N5. The lowest BCUT2D eigenvalue weighted by atomic mass is 10.3. The van der Waals surface area contributed by atoms with Gasteiger partial charge in [0.05, 0.1) is 0 Å². The van der Waals surface area contributed by atoms with Gasteiger partial charge in [-0.05, 0) is 6.42 Å². The number of rotatable bonds is 0. The average Bonchev–Trinajstić information content (AvgIpc) is 2.44. The predicted octanol–water partition coefficient (Wildman–Crippen LogP) is 0.153. The van der Waals surface area contributed by atoms with Gasteiger partial charge in [-0.2, -0.15) is 10.4 Å². The van der Waals surface area contributed by atoms with E-state index in [9.17, 15) is 0 Å². The number of nitrogens with one attached hydrogen (secondary N) is 1. The van der Waals surface area contributed by atoms with Gasteiger partial charge in [0.1, 0.15) is 17.6 Å². The lowest BCUT2D eigenvalue weighted by Crippen LogP contribution is -2.18. The largest absolute Gasteiger partial charge is 0.393 e. The first kappa shape index (κ1) is 6.98. The van der Waals surface area contributed by atoms with Gasteiger partial charge in [-0.3, -0.25) is 0 Å². The van der Waals surface area contributed by atoms with Gasteiger partial charge in [-0.25, -0.2) is 4.68 Å². The van der Waals surface area contributed by atoms with Crippen LogP contribution in [0.5, 0.6) is 0 Å². The zero-order valence-corrected chi connectivity index (χ0v) is 6.54. The Kier molecular flexibility index (Phi) is 1.40. The van der Waals surface area contributed by atoms with E-state index in [0.717, 1.165) is 25.3 Å². The summed E-state index contributed by atoms with van der Waals surface area (Å²) in [5.74, 6) is 0.790. The Labute approximate surface area is 69.8 Å². The zero-order valence-electron chi connectivity index (χ0n) is 6.54. The molecule has 62 valence electrons. The third-order valence-corrected chi connectivity index (χ3v) is 1.93. The van der Waals surface area contributed by atoms with Crippen molar-refractivity contribution in [3.05, 3.63) is 5.69 Å². The highest BCUT2D eigenvalue weighted by molar-refractivity contribution is 5.68. The molecule has 0 aromatic carbocycles. The van der Waals surface area contributed by atoms with E-state index in [1.807, 2.05) is 6.07 Å². The standard InChI is InChI=1S/C7H9N5/c8-4-5-6(9)7-10-2-1-3-12(7)11-5/h10H,1-3,9H2. The van der Waals surface area contributed by atoms with E-state index in [0.29, 0.717) is 11.4 Å². The molecule has 0 saturated heterocycles. The summed E-state index contributed by atoms with van der Waals surface area (Å²) >= 11 is 0. The molecule has 0 fully saturated rings. The Balaban J connectivity index is 2.53. The number of hydrogen-bond acceptors (Lipinski definition) is 4. The van der Waals surface area contributed by atoms with Gasteiger partial charge in [0.15, 0.2) is 5.69 Å². The molecule has 2 rings (SSSR count). The van der Waals surface area contributed by atoms with Crippen LogP contribution in [0, 0.1) is 11.3 Å². The topological polar surface area (TPSA) is 79.7 Å². The van der Waals surface area contributed by atoms with Crippen molar-refractivity contribution in [1.29, 1.82) is 5.26 Å². The van der Waals surface area contributed by atoms with Gasteiger partial charge in [-0.1, -0.05) is 0 Å². The smallest absolute Gasteiger partial charge is 0.187 e. The van der Waals surface area contributed by atoms with Crippen LogP contribution >= 0.6 is 0 Å². The van der Waals surface area contributed by atoms with Crippen molar-refractivity contribution in [2.24, 2.45) is 0 Å². The number of anilines is 2. The van der Waals surface area contributed by atoms with Gasteiger partial charge in [0, 0.05) is 13.1 Å². The van der Waals surface area contributed by atoms with Crippen molar-refractivity contribution >= 4 is 11.5 Å². The summed E-state index contributed by atoms with van der Waals surface area (Å²) in [7, 11) is 0. The molecule has 0 amide bonds. The zero-order chi connectivity index (χ0) is 8.55. The molecule has 0 aliphatic carbocycles. The van der Waals surface area contributed by atoms with Crippen molar-refractivity contribution in [1.82, 2.24) is 9.78 Å². The van der Waals surface area contributed by atoms with Crippen LogP contribution in [0.25, 0.3) is 0 Å². The number of nitrogens with zero attached hydrogens (tertiary/aromatic N) is 3. The number of nitrogen functional groups attached to an aromatic ring is 1. The third-order valence-electron chi connectivity index (χ3n) is 1.93. The monoisotopic (exact) mass is 163 g/mol. The van der Waals surface area contributed by atoms with Crippen LogP contribution in [0.1, 0.15) is 12.1 Å². The minimum atomic E-state index is 0.319. The molecule has 1 aromatic heterocycles. The normalized spacial score (nSPS) is 14.6. The summed E-state index contributed by atoms with van der Waals surface area (Å²) in [6.07, 6.45) is 1.03. The molecule has 5 nitrogen and oxygen atoms in total. The Morgan fingerprint density at radius 2 is 2.50 bits per heavy atom. The Morgan fingerprint density at radius 1 is 1.67 bits per heavy atom. The summed E-state index contributed by atoms with van der Waals surface area (Å²) in [6, 6.07) is 1.96. The van der Waals surface area contributed by atoms with Crippen LogP contribution in [0.3, 0.4) is 0 Å². The van der Waals surface area contributed by atoms with Gasteiger partial charge < -0.3 is 11.1 Å². The Hall–Kier alpha value is -1.70. The Bertz CT molecular complexity index is 345. The molecule has 1 aliphatic heterocycles. The molecule has 3 N–H and O–H groups in total. The number of aromatic nitrogens is 2. The molecule has 1 aliphatic rings. The lowest BCUT2D eigenvalue weighted by Gasteiger charge is -2.15. The molecule has 0 radical (unpaired) electrons. The molecule has 0 unspecified atom stereocenters. The van der Waals surface area contributed by atoms with Crippen molar-refractivity contribution in [2.75, 3.05) is 17.6 Å². The van der Waals surface area contributed by atoms with Crippen molar-refractivity contribution in [2.45, 2.75) is 13.0 Å². The van der Waals surface area contributed by atoms with Gasteiger partial charge >= 0.3 is 0 Å². The first-order valence-corrected chi connectivity index (χ1v) is 3.83. The molecule has 2 heterocycles. The summed E-state index contributed by atoms with van der Waals surface area (Å²) in [4.78, 5) is 0. The van der Waals surface area contributed by atoms with E-state index in [1.165, 1.54) is 0 Å². The van der Waals surface area contributed by atoms with Crippen LogP contribution < -0.4 is 11.1 Å². The van der Waals surface area contributed by atoms with Crippen LogP contribution in [0.2, 0.25) is 0 Å². The van der Waals surface area contributed by atoms with Crippen molar-refractivity contribution in [3.63, 3.8) is 0 Å². The predicted molar refractivity (Wildman–Crippen MR) is 44.5 cm³/mol. The first-order chi connectivity index (χ1) is 5.83. The SMILES string of the molecule is N#Cc1nn2c(c1N)NCCC2. The molecule has 12 heavy (non-hydrogen) atoms. The highest BCUT2D eigenvalue weighted by Gasteiger charge is 2.16. The second kappa shape index (κ2) is 2.41. The fraction of sp³-hybridized carbons (Fsp3) is 0.429. The number of aryl methyl sites for hydroxylation is 1. The maximum atomic E-state index is 8.63. The highest BCUT2D eigenvalue weighted by Crippen LogP contribution is 2.24. The van der Waals surface area contributed by atoms with E-state index >= 15 is 0 Å². The second-order valence-electron chi connectivity index (χ2n) is 2.73. The summed E-state index contributed by atoms with van der Waals surface area (Å²) in [5, 5.41) is 15.8. The summed E-state index contributed by atoms with van der Waals surface area (Å²) < 4.78 is 1.75. The molecule has 0 atom stereocenters. The fourth-order valence-corrected chi connectivity index (χ4v) is 1.34. The van der Waals surface area contributed by atoms with Gasteiger partial charge in [-0.15, -0.1) is 0 Å². The quantitative estimate of drug-likeness (QED) is 0.570. The summed E-state index contributed by atoms with van der Waals surface area (Å²) in [6.45, 7) is 1.75. The number of nitriles is 1. The van der Waals surface area contributed by atoms with E-state index in [4.69, 9.17) is 11.0 Å². The van der Waals surface area contributed by atoms with Crippen LogP contribution in [-0.4, -0.2) is 16.3 Å². The highest BCUT2D eigenvalue weighted by atomic mass is 15.4. The van der Waals surface area contributed by atoms with Crippen molar-refractivity contribution < 1.29 is 0 Å². The molecule has 0 saturated carbocycles. The minimum Gasteiger partial charge on any atom is -0.393 e. The van der Waals surface area contributed by atoms with Gasteiger partial charge in [0.25, 0.3) is 0 Å². The van der Waals surface area contributed by atoms with E-state index in [1.54, 1.807) is 4.68 Å². The molecule has 0 bridgehead atoms. The van der Waals surface area contributed by atoms with Crippen LogP contribution in [-0.2, 0) is 6.54 Å². The first-order valence-electron chi connectivity index (χ1n) is 3.83. The number of fused-ring (bicyclic) bond motifs is 1. The fourth-order valence-electron chi connectivity index (χ4n) is 1.34. The Morgan fingerprint density at radius 3 is 3.17 bits per heavy atom. The van der Waals surface area contributed by atoms with E-state index < -0.39 is 0 Å². The maximum absolute atomic E-state index is 8.63. The second-order valence-corrected chi connectivity index (χ2v) is 2.73.